The Labute approximate surface area is 109 Å². The highest BCUT2D eigenvalue weighted by Gasteiger charge is 2.27. The first-order chi connectivity index (χ1) is 8.72. The van der Waals surface area contributed by atoms with Crippen LogP contribution in [0, 0.1) is 6.92 Å². The van der Waals surface area contributed by atoms with Gasteiger partial charge < -0.3 is 5.11 Å². The minimum atomic E-state index is -0.0531. The van der Waals surface area contributed by atoms with Crippen molar-refractivity contribution in [3.8, 4) is 0 Å². The predicted molar refractivity (Wildman–Crippen MR) is 71.4 cm³/mol. The van der Waals surface area contributed by atoms with Crippen molar-refractivity contribution in [3.05, 3.63) is 29.1 Å². The number of hydrogen-bond acceptors (Lipinski definition) is 3. The maximum Gasteiger partial charge on any atom is 0.0541 e. The van der Waals surface area contributed by atoms with Crippen molar-refractivity contribution in [2.75, 3.05) is 6.54 Å². The highest BCUT2D eigenvalue weighted by atomic mass is 16.3. The molecule has 1 aliphatic heterocycles. The van der Waals surface area contributed by atoms with E-state index in [0.717, 1.165) is 50.9 Å². The van der Waals surface area contributed by atoms with Crippen LogP contribution >= 0.6 is 0 Å². The van der Waals surface area contributed by atoms with Crippen LogP contribution in [0.25, 0.3) is 0 Å². The summed E-state index contributed by atoms with van der Waals surface area (Å²) >= 11 is 0. The molecule has 18 heavy (non-hydrogen) atoms. The van der Waals surface area contributed by atoms with Gasteiger partial charge in [0.2, 0.25) is 0 Å². The summed E-state index contributed by atoms with van der Waals surface area (Å²) in [5.74, 6) is 0. The molecule has 1 N–H and O–H groups in total. The van der Waals surface area contributed by atoms with Gasteiger partial charge in [-0.1, -0.05) is 6.07 Å². The summed E-state index contributed by atoms with van der Waals surface area (Å²) in [6.07, 6.45) is 5.27. The second-order valence-electron chi connectivity index (χ2n) is 5.74. The van der Waals surface area contributed by atoms with Gasteiger partial charge in [0.25, 0.3) is 0 Å². The Morgan fingerprint density at radius 1 is 1.22 bits per heavy atom. The van der Waals surface area contributed by atoms with Gasteiger partial charge in [0.05, 0.1) is 6.10 Å². The van der Waals surface area contributed by atoms with E-state index in [2.05, 4.69) is 28.9 Å². The van der Waals surface area contributed by atoms with Crippen LogP contribution in [-0.4, -0.2) is 33.7 Å². The van der Waals surface area contributed by atoms with Gasteiger partial charge in [0.1, 0.15) is 0 Å². The Morgan fingerprint density at radius 2 is 2.00 bits per heavy atom. The molecule has 0 radical (unpaired) electrons. The quantitative estimate of drug-likeness (QED) is 0.824. The fraction of sp³-hybridized carbons (Fsp3) is 0.667. The molecule has 1 fully saturated rings. The molecule has 0 atom stereocenters. The summed E-state index contributed by atoms with van der Waals surface area (Å²) < 4.78 is 0. The largest absolute Gasteiger partial charge is 0.393 e. The fourth-order valence-corrected chi connectivity index (χ4v) is 3.28. The average molecular weight is 246 g/mol. The van der Waals surface area contributed by atoms with Crippen LogP contribution in [0.15, 0.2) is 12.1 Å². The third-order valence-electron chi connectivity index (χ3n) is 4.40. The minimum Gasteiger partial charge on any atom is -0.393 e. The summed E-state index contributed by atoms with van der Waals surface area (Å²) in [6.45, 7) is 4.24. The molecule has 1 aromatic rings. The zero-order chi connectivity index (χ0) is 12.5. The second kappa shape index (κ2) is 4.98. The number of aromatic nitrogens is 1. The lowest BCUT2D eigenvalue weighted by molar-refractivity contribution is 0.0674. The van der Waals surface area contributed by atoms with E-state index in [1.165, 1.54) is 11.3 Å². The summed E-state index contributed by atoms with van der Waals surface area (Å²) in [5.41, 5.74) is 3.82. The SMILES string of the molecule is Cc1ccc2c(n1)CCN([C@H]1CC[C@@H](O)CC1)C2. The topological polar surface area (TPSA) is 36.4 Å². The molecular formula is C15H22N2O. The zero-order valence-corrected chi connectivity index (χ0v) is 11.1. The molecule has 1 aliphatic carbocycles. The van der Waals surface area contributed by atoms with Gasteiger partial charge in [0, 0.05) is 36.9 Å². The number of fused-ring (bicyclic) bond motifs is 1. The van der Waals surface area contributed by atoms with Gasteiger partial charge >= 0.3 is 0 Å². The van der Waals surface area contributed by atoms with Crippen LogP contribution in [0.4, 0.5) is 0 Å². The molecule has 0 saturated heterocycles. The number of rotatable bonds is 1. The molecule has 3 nitrogen and oxygen atoms in total. The Kier molecular flexibility index (Phi) is 3.35. The van der Waals surface area contributed by atoms with E-state index >= 15 is 0 Å². The maximum absolute atomic E-state index is 9.59. The Hall–Kier alpha value is -0.930. The van der Waals surface area contributed by atoms with Crippen molar-refractivity contribution in [1.29, 1.82) is 0 Å². The van der Waals surface area contributed by atoms with E-state index in [4.69, 9.17) is 0 Å². The van der Waals surface area contributed by atoms with Crippen molar-refractivity contribution in [1.82, 2.24) is 9.88 Å². The lowest BCUT2D eigenvalue weighted by Gasteiger charge is -2.38. The Balaban J connectivity index is 1.69. The van der Waals surface area contributed by atoms with E-state index in [-0.39, 0.29) is 6.10 Å². The zero-order valence-electron chi connectivity index (χ0n) is 11.1. The van der Waals surface area contributed by atoms with Gasteiger partial charge in [0.15, 0.2) is 0 Å². The number of nitrogens with zero attached hydrogens (tertiary/aromatic N) is 2. The van der Waals surface area contributed by atoms with Crippen LogP contribution < -0.4 is 0 Å². The normalized spacial score (nSPS) is 29.0. The third kappa shape index (κ3) is 2.43. The first-order valence-electron chi connectivity index (χ1n) is 7.10. The average Bonchev–Trinajstić information content (AvgIpc) is 2.39. The van der Waals surface area contributed by atoms with Gasteiger partial charge in [-0.15, -0.1) is 0 Å². The molecule has 0 unspecified atom stereocenters. The van der Waals surface area contributed by atoms with Crippen molar-refractivity contribution >= 4 is 0 Å². The molecule has 0 aromatic carbocycles. The van der Waals surface area contributed by atoms with E-state index < -0.39 is 0 Å². The number of hydrogen-bond donors (Lipinski definition) is 1. The monoisotopic (exact) mass is 246 g/mol. The Bertz CT molecular complexity index is 425. The number of aliphatic hydroxyl groups excluding tert-OH is 1. The van der Waals surface area contributed by atoms with Gasteiger partial charge in [-0.25, -0.2) is 0 Å². The third-order valence-corrected chi connectivity index (χ3v) is 4.40. The van der Waals surface area contributed by atoms with E-state index in [9.17, 15) is 5.11 Å². The lowest BCUT2D eigenvalue weighted by atomic mass is 9.90. The molecule has 1 aromatic heterocycles. The molecule has 0 bridgehead atoms. The summed E-state index contributed by atoms with van der Waals surface area (Å²) in [7, 11) is 0. The van der Waals surface area contributed by atoms with Crippen LogP contribution in [-0.2, 0) is 13.0 Å². The summed E-state index contributed by atoms with van der Waals surface area (Å²) in [5, 5.41) is 9.59. The standard InChI is InChI=1S/C15H22N2O/c1-11-2-3-12-10-17(9-8-15(12)16-11)13-4-6-14(18)7-5-13/h2-3,13-14,18H,4-10H2,1H3/t13-,14+. The fourth-order valence-electron chi connectivity index (χ4n) is 3.28. The molecule has 2 aliphatic rings. The number of pyridine rings is 1. The van der Waals surface area contributed by atoms with Crippen LogP contribution in [0.3, 0.4) is 0 Å². The van der Waals surface area contributed by atoms with E-state index in [0.29, 0.717) is 6.04 Å². The van der Waals surface area contributed by atoms with Crippen molar-refractivity contribution < 1.29 is 5.11 Å². The first kappa shape index (κ1) is 12.1. The summed E-state index contributed by atoms with van der Waals surface area (Å²) in [6, 6.07) is 5.02. The van der Waals surface area contributed by atoms with Crippen molar-refractivity contribution in [2.45, 2.75) is 57.7 Å². The van der Waals surface area contributed by atoms with Crippen LogP contribution in [0.1, 0.15) is 42.6 Å². The predicted octanol–water partition coefficient (Wildman–Crippen LogP) is 2.05. The molecule has 0 amide bonds. The van der Waals surface area contributed by atoms with E-state index in [1.54, 1.807) is 0 Å². The highest BCUT2D eigenvalue weighted by Crippen LogP contribution is 2.27. The molecule has 3 heteroatoms. The van der Waals surface area contributed by atoms with Gasteiger partial charge in [-0.05, 0) is 44.2 Å². The lowest BCUT2D eigenvalue weighted by Crippen LogP contribution is -2.42. The number of aryl methyl sites for hydroxylation is 1. The van der Waals surface area contributed by atoms with Crippen LogP contribution in [0.5, 0.6) is 0 Å². The smallest absolute Gasteiger partial charge is 0.0541 e. The van der Waals surface area contributed by atoms with Crippen molar-refractivity contribution in [3.63, 3.8) is 0 Å². The van der Waals surface area contributed by atoms with E-state index in [1.807, 2.05) is 0 Å². The first-order valence-corrected chi connectivity index (χ1v) is 7.10. The molecule has 0 spiro atoms. The number of aliphatic hydroxyl groups is 1. The van der Waals surface area contributed by atoms with Gasteiger partial charge in [-0.2, -0.15) is 0 Å². The highest BCUT2D eigenvalue weighted by molar-refractivity contribution is 5.25. The maximum atomic E-state index is 9.59. The molecular weight excluding hydrogens is 224 g/mol. The molecule has 2 heterocycles. The summed E-state index contributed by atoms with van der Waals surface area (Å²) in [4.78, 5) is 7.23. The van der Waals surface area contributed by atoms with Crippen molar-refractivity contribution in [2.24, 2.45) is 0 Å². The molecule has 1 saturated carbocycles. The minimum absolute atomic E-state index is 0.0531. The van der Waals surface area contributed by atoms with Gasteiger partial charge in [-0.3, -0.25) is 9.88 Å². The Morgan fingerprint density at radius 3 is 2.78 bits per heavy atom. The second-order valence-corrected chi connectivity index (χ2v) is 5.74. The molecule has 98 valence electrons. The molecule has 3 rings (SSSR count). The van der Waals surface area contributed by atoms with Crippen LogP contribution in [0.2, 0.25) is 0 Å².